The van der Waals surface area contributed by atoms with E-state index >= 15 is 0 Å². The molecule has 2 N–H and O–H groups in total. The van der Waals surface area contributed by atoms with Crippen LogP contribution in [0.5, 0.6) is 0 Å². The normalized spacial score (nSPS) is 17.7. The van der Waals surface area contributed by atoms with Gasteiger partial charge in [0.1, 0.15) is 12.1 Å². The Hall–Kier alpha value is -3.02. The van der Waals surface area contributed by atoms with Gasteiger partial charge in [0.25, 0.3) is 0 Å². The largest absolute Gasteiger partial charge is 0.451 e. The minimum absolute atomic E-state index is 0.0560. The predicted molar refractivity (Wildman–Crippen MR) is 99.0 cm³/mol. The Morgan fingerprint density at radius 3 is 2.59 bits per heavy atom. The second-order valence-electron chi connectivity index (χ2n) is 7.05. The lowest BCUT2D eigenvalue weighted by Crippen LogP contribution is -2.44. The summed E-state index contributed by atoms with van der Waals surface area (Å²) in [7, 11) is 0. The molecule has 0 bridgehead atoms. The van der Waals surface area contributed by atoms with Crippen molar-refractivity contribution in [3.05, 3.63) is 24.4 Å². The van der Waals surface area contributed by atoms with Gasteiger partial charge in [0, 0.05) is 38.4 Å². The van der Waals surface area contributed by atoms with E-state index in [0.717, 1.165) is 39.0 Å². The number of rotatable bonds is 4. The summed E-state index contributed by atoms with van der Waals surface area (Å²) in [5, 5.41) is 6.28. The highest BCUT2D eigenvalue weighted by molar-refractivity contribution is 5.84. The second-order valence-corrected chi connectivity index (χ2v) is 7.05. The molecule has 0 amide bonds. The van der Waals surface area contributed by atoms with Gasteiger partial charge in [0.2, 0.25) is 11.8 Å². The van der Waals surface area contributed by atoms with Crippen LogP contribution in [0.1, 0.15) is 18.7 Å². The molecule has 5 rings (SSSR count). The first-order chi connectivity index (χ1) is 14.0. The molecule has 2 aliphatic rings. The molecule has 2 fully saturated rings. The van der Waals surface area contributed by atoms with Gasteiger partial charge in [-0.2, -0.15) is 18.2 Å². The van der Waals surface area contributed by atoms with Gasteiger partial charge >= 0.3 is 6.18 Å². The molecule has 3 aromatic heterocycles. The lowest BCUT2D eigenvalue weighted by Gasteiger charge is -2.27. The molecule has 4 heterocycles. The third-order valence-electron chi connectivity index (χ3n) is 4.84. The Morgan fingerprint density at radius 2 is 1.86 bits per heavy atom. The molecular formula is C17H18F3N9. The quantitative estimate of drug-likeness (QED) is 0.676. The van der Waals surface area contributed by atoms with Crippen molar-refractivity contribution < 1.29 is 13.2 Å². The average molecular weight is 405 g/mol. The Balaban J connectivity index is 1.60. The van der Waals surface area contributed by atoms with Crippen molar-refractivity contribution in [2.75, 3.05) is 36.4 Å². The second kappa shape index (κ2) is 6.79. The zero-order chi connectivity index (χ0) is 20.0. The number of aromatic nitrogens is 6. The maximum absolute atomic E-state index is 13.4. The summed E-state index contributed by atoms with van der Waals surface area (Å²) in [5.41, 5.74) is 0.340. The molecule has 0 spiro atoms. The van der Waals surface area contributed by atoms with Crippen LogP contribution in [0.15, 0.2) is 18.6 Å². The van der Waals surface area contributed by atoms with Gasteiger partial charge in [0.15, 0.2) is 17.0 Å². The number of nitrogens with zero attached hydrogens (tertiary/aromatic N) is 7. The van der Waals surface area contributed by atoms with Crippen molar-refractivity contribution in [3.8, 4) is 5.82 Å². The highest BCUT2D eigenvalue weighted by Crippen LogP contribution is 2.33. The molecule has 12 heteroatoms. The van der Waals surface area contributed by atoms with Crippen LogP contribution in [0.2, 0.25) is 0 Å². The molecule has 9 nitrogen and oxygen atoms in total. The maximum Gasteiger partial charge on any atom is 0.451 e. The number of fused-ring (bicyclic) bond motifs is 1. The zero-order valence-corrected chi connectivity index (χ0v) is 15.3. The van der Waals surface area contributed by atoms with Gasteiger partial charge in [-0.15, -0.1) is 0 Å². The number of imidazole rings is 1. The third-order valence-corrected chi connectivity index (χ3v) is 4.84. The van der Waals surface area contributed by atoms with Crippen LogP contribution in [0.3, 0.4) is 0 Å². The average Bonchev–Trinajstić information content (AvgIpc) is 3.43. The van der Waals surface area contributed by atoms with E-state index in [1.165, 1.54) is 10.9 Å². The van der Waals surface area contributed by atoms with Crippen LogP contribution in [0, 0.1) is 0 Å². The highest BCUT2D eigenvalue weighted by Gasteiger charge is 2.37. The molecular weight excluding hydrogens is 387 g/mol. The number of hydrogen-bond acceptors (Lipinski definition) is 8. The van der Waals surface area contributed by atoms with Crippen LogP contribution in [0.4, 0.5) is 24.9 Å². The first kappa shape index (κ1) is 18.0. The lowest BCUT2D eigenvalue weighted by molar-refractivity contribution is -0.144. The SMILES string of the molecule is FC(F)(F)c1nc(NC2CC2)c2ncn(-c3ccnc(N4CCNCC4)n3)c2n1. The smallest absolute Gasteiger partial charge is 0.365 e. The summed E-state index contributed by atoms with van der Waals surface area (Å²) in [6.45, 7) is 3.15. The van der Waals surface area contributed by atoms with Gasteiger partial charge in [-0.3, -0.25) is 4.57 Å². The van der Waals surface area contributed by atoms with E-state index in [4.69, 9.17) is 0 Å². The Morgan fingerprint density at radius 1 is 1.07 bits per heavy atom. The van der Waals surface area contributed by atoms with Gasteiger partial charge in [-0.25, -0.2) is 19.9 Å². The van der Waals surface area contributed by atoms with E-state index in [9.17, 15) is 13.2 Å². The fourth-order valence-electron chi connectivity index (χ4n) is 3.21. The summed E-state index contributed by atoms with van der Waals surface area (Å²) >= 11 is 0. The van der Waals surface area contributed by atoms with E-state index in [1.54, 1.807) is 12.3 Å². The lowest BCUT2D eigenvalue weighted by atomic mass is 10.4. The number of nitrogens with one attached hydrogen (secondary N) is 2. The topological polar surface area (TPSA) is 96.7 Å². The number of hydrogen-bond donors (Lipinski definition) is 2. The summed E-state index contributed by atoms with van der Waals surface area (Å²) in [4.78, 5) is 22.6. The summed E-state index contributed by atoms with van der Waals surface area (Å²) < 4.78 is 41.6. The molecule has 0 radical (unpaired) electrons. The van der Waals surface area contributed by atoms with E-state index < -0.39 is 12.0 Å². The summed E-state index contributed by atoms with van der Waals surface area (Å²) in [6, 6.07) is 1.74. The minimum Gasteiger partial charge on any atom is -0.365 e. The molecule has 1 saturated carbocycles. The first-order valence-corrected chi connectivity index (χ1v) is 9.37. The molecule has 1 aliphatic carbocycles. The van der Waals surface area contributed by atoms with Crippen LogP contribution in [0.25, 0.3) is 17.0 Å². The van der Waals surface area contributed by atoms with E-state index in [0.29, 0.717) is 11.8 Å². The van der Waals surface area contributed by atoms with E-state index in [-0.39, 0.29) is 23.0 Å². The summed E-state index contributed by atoms with van der Waals surface area (Å²) in [6.07, 6.45) is 0.129. The summed E-state index contributed by atoms with van der Waals surface area (Å²) in [5.74, 6) is -0.182. The van der Waals surface area contributed by atoms with E-state index in [2.05, 4.69) is 35.6 Å². The molecule has 1 aliphatic heterocycles. The molecule has 29 heavy (non-hydrogen) atoms. The fourth-order valence-corrected chi connectivity index (χ4v) is 3.21. The number of piperazine rings is 1. The monoisotopic (exact) mass is 405 g/mol. The highest BCUT2D eigenvalue weighted by atomic mass is 19.4. The maximum atomic E-state index is 13.4. The van der Waals surface area contributed by atoms with Gasteiger partial charge in [-0.05, 0) is 18.9 Å². The molecule has 152 valence electrons. The van der Waals surface area contributed by atoms with Crippen LogP contribution >= 0.6 is 0 Å². The molecule has 0 atom stereocenters. The molecule has 1 saturated heterocycles. The van der Waals surface area contributed by atoms with Crippen molar-refractivity contribution >= 4 is 22.9 Å². The molecule has 3 aromatic rings. The van der Waals surface area contributed by atoms with Crippen molar-refractivity contribution in [1.82, 2.24) is 34.8 Å². The van der Waals surface area contributed by atoms with Gasteiger partial charge in [-0.1, -0.05) is 0 Å². The Labute approximate surface area is 163 Å². The Kier molecular flexibility index (Phi) is 4.23. The third kappa shape index (κ3) is 3.55. The fraction of sp³-hybridized carbons (Fsp3) is 0.471. The predicted octanol–water partition coefficient (Wildman–Crippen LogP) is 1.61. The van der Waals surface area contributed by atoms with Crippen LogP contribution < -0.4 is 15.5 Å². The van der Waals surface area contributed by atoms with E-state index in [1.807, 2.05) is 4.90 Å². The van der Waals surface area contributed by atoms with Crippen LogP contribution in [-0.2, 0) is 6.18 Å². The minimum atomic E-state index is -4.67. The van der Waals surface area contributed by atoms with Crippen molar-refractivity contribution in [2.45, 2.75) is 25.1 Å². The van der Waals surface area contributed by atoms with Crippen molar-refractivity contribution in [2.24, 2.45) is 0 Å². The van der Waals surface area contributed by atoms with Crippen LogP contribution in [-0.4, -0.2) is 61.7 Å². The van der Waals surface area contributed by atoms with Gasteiger partial charge < -0.3 is 15.5 Å². The number of alkyl halides is 3. The number of halogens is 3. The molecule has 0 aromatic carbocycles. The molecule has 0 unspecified atom stereocenters. The van der Waals surface area contributed by atoms with Crippen molar-refractivity contribution in [1.29, 1.82) is 0 Å². The Bertz CT molecular complexity index is 1040. The first-order valence-electron chi connectivity index (χ1n) is 9.37. The van der Waals surface area contributed by atoms with Gasteiger partial charge in [0.05, 0.1) is 0 Å². The number of anilines is 2. The zero-order valence-electron chi connectivity index (χ0n) is 15.3. The van der Waals surface area contributed by atoms with Crippen molar-refractivity contribution in [3.63, 3.8) is 0 Å². The standard InChI is InChI=1S/C17H18F3N9/c18-17(19,20)15-26-13(24-10-1-2-10)12-14(27-15)29(9-23-12)11-3-4-22-16(25-11)28-7-5-21-6-8-28/h3-4,9-10,21H,1-2,5-8H2,(H,24,26,27).